The van der Waals surface area contributed by atoms with Gasteiger partial charge < -0.3 is 10.6 Å². The molecule has 1 heterocycles. The topological polar surface area (TPSA) is 46.3 Å². The van der Waals surface area contributed by atoms with E-state index in [4.69, 9.17) is 5.73 Å². The highest BCUT2D eigenvalue weighted by Crippen LogP contribution is 2.36. The van der Waals surface area contributed by atoms with E-state index < -0.39 is 6.04 Å². The third-order valence-corrected chi connectivity index (χ3v) is 4.11. The van der Waals surface area contributed by atoms with Gasteiger partial charge in [0.05, 0.1) is 0 Å². The second-order valence-electron chi connectivity index (χ2n) is 4.91. The van der Waals surface area contributed by atoms with Gasteiger partial charge in [-0.15, -0.1) is 0 Å². The van der Waals surface area contributed by atoms with Crippen molar-refractivity contribution in [2.45, 2.75) is 12.5 Å². The minimum Gasteiger partial charge on any atom is -0.316 e. The fourth-order valence-electron chi connectivity index (χ4n) is 2.56. The predicted octanol–water partition coefficient (Wildman–Crippen LogP) is 3.04. The van der Waals surface area contributed by atoms with Gasteiger partial charge in [0.2, 0.25) is 5.91 Å². The van der Waals surface area contributed by atoms with Gasteiger partial charge in [0.15, 0.2) is 0 Å². The fourth-order valence-corrected chi connectivity index (χ4v) is 2.93. The van der Waals surface area contributed by atoms with Crippen LogP contribution in [0.25, 0.3) is 0 Å². The third kappa shape index (κ3) is 2.37. The Morgan fingerprint density at radius 2 is 1.90 bits per heavy atom. The Morgan fingerprint density at radius 3 is 2.65 bits per heavy atom. The van der Waals surface area contributed by atoms with Crippen LogP contribution in [0.5, 0.6) is 0 Å². The van der Waals surface area contributed by atoms with Crippen LogP contribution in [0, 0.1) is 0 Å². The molecule has 1 aliphatic heterocycles. The molecule has 0 aliphatic carbocycles. The van der Waals surface area contributed by atoms with Crippen molar-refractivity contribution in [3.05, 3.63) is 64.1 Å². The van der Waals surface area contributed by atoms with Gasteiger partial charge in [0, 0.05) is 22.3 Å². The van der Waals surface area contributed by atoms with Crippen LogP contribution in [-0.4, -0.2) is 12.5 Å². The van der Waals surface area contributed by atoms with Crippen LogP contribution in [0.1, 0.15) is 17.2 Å². The van der Waals surface area contributed by atoms with Gasteiger partial charge in [0.25, 0.3) is 0 Å². The summed E-state index contributed by atoms with van der Waals surface area (Å²) >= 11 is 3.42. The molecule has 2 aromatic rings. The van der Waals surface area contributed by atoms with E-state index in [1.807, 2.05) is 36.4 Å². The zero-order valence-electron chi connectivity index (χ0n) is 10.9. The Kier molecular flexibility index (Phi) is 3.59. The monoisotopic (exact) mass is 330 g/mol. The molecular formula is C16H15BrN2O. The molecule has 0 aromatic heterocycles. The van der Waals surface area contributed by atoms with Crippen LogP contribution in [0.15, 0.2) is 53.0 Å². The first-order valence-corrected chi connectivity index (χ1v) is 7.36. The van der Waals surface area contributed by atoms with E-state index in [0.717, 1.165) is 22.1 Å². The molecule has 0 fully saturated rings. The lowest BCUT2D eigenvalue weighted by Crippen LogP contribution is -2.33. The summed E-state index contributed by atoms with van der Waals surface area (Å²) in [7, 11) is 0. The molecule has 102 valence electrons. The first kappa shape index (κ1) is 13.3. The van der Waals surface area contributed by atoms with Gasteiger partial charge in [-0.1, -0.05) is 46.3 Å². The molecule has 0 spiro atoms. The van der Waals surface area contributed by atoms with Crippen LogP contribution in [-0.2, 0) is 11.2 Å². The summed E-state index contributed by atoms with van der Waals surface area (Å²) in [5, 5.41) is 0. The molecule has 3 nitrogen and oxygen atoms in total. The lowest BCUT2D eigenvalue weighted by molar-refractivity contribution is -0.119. The Morgan fingerprint density at radius 1 is 1.15 bits per heavy atom. The second-order valence-corrected chi connectivity index (χ2v) is 5.82. The normalized spacial score (nSPS) is 17.4. The van der Waals surface area contributed by atoms with Crippen LogP contribution < -0.4 is 10.6 Å². The number of carbonyl (C=O) groups excluding carboxylic acids is 1. The number of hydrogen-bond acceptors (Lipinski definition) is 2. The highest BCUT2D eigenvalue weighted by molar-refractivity contribution is 9.10. The molecule has 0 bridgehead atoms. The maximum absolute atomic E-state index is 12.3. The average Bonchev–Trinajstić information content (AvgIpc) is 2.70. The van der Waals surface area contributed by atoms with Gasteiger partial charge in [-0.05, 0) is 30.2 Å². The summed E-state index contributed by atoms with van der Waals surface area (Å²) in [6.07, 6.45) is 0.828. The van der Waals surface area contributed by atoms with Gasteiger partial charge in [0.1, 0.15) is 6.04 Å². The molecule has 1 atom stereocenters. The number of benzene rings is 2. The van der Waals surface area contributed by atoms with Crippen molar-refractivity contribution in [1.82, 2.24) is 0 Å². The fraction of sp³-hybridized carbons (Fsp3) is 0.188. The zero-order chi connectivity index (χ0) is 14.1. The van der Waals surface area contributed by atoms with E-state index in [-0.39, 0.29) is 5.91 Å². The Balaban J connectivity index is 1.83. The molecule has 1 amide bonds. The lowest BCUT2D eigenvalue weighted by atomic mass is 10.1. The van der Waals surface area contributed by atoms with Crippen LogP contribution in [0.2, 0.25) is 0 Å². The standard InChI is InChI=1S/C16H15BrN2O/c17-12-6-7-14-13(10-12)15(18)16(20)19(14)9-8-11-4-2-1-3-5-11/h1-7,10,15H,8-9,18H2. The molecule has 20 heavy (non-hydrogen) atoms. The molecule has 4 heteroatoms. The summed E-state index contributed by atoms with van der Waals surface area (Å²) < 4.78 is 0.949. The number of rotatable bonds is 3. The Bertz CT molecular complexity index is 642. The summed E-state index contributed by atoms with van der Waals surface area (Å²) in [6, 6.07) is 15.4. The van der Waals surface area contributed by atoms with E-state index in [9.17, 15) is 4.79 Å². The minimum absolute atomic E-state index is 0.0194. The summed E-state index contributed by atoms with van der Waals surface area (Å²) in [5.41, 5.74) is 9.06. The molecule has 3 rings (SSSR count). The zero-order valence-corrected chi connectivity index (χ0v) is 12.5. The van der Waals surface area contributed by atoms with Gasteiger partial charge >= 0.3 is 0 Å². The van der Waals surface area contributed by atoms with Crippen molar-refractivity contribution in [2.75, 3.05) is 11.4 Å². The van der Waals surface area contributed by atoms with Crippen LogP contribution in [0.4, 0.5) is 5.69 Å². The van der Waals surface area contributed by atoms with Crippen molar-refractivity contribution < 1.29 is 4.79 Å². The van der Waals surface area contributed by atoms with Crippen molar-refractivity contribution in [3.63, 3.8) is 0 Å². The highest BCUT2D eigenvalue weighted by atomic mass is 79.9. The maximum atomic E-state index is 12.3. The van der Waals surface area contributed by atoms with Crippen molar-refractivity contribution in [2.24, 2.45) is 5.73 Å². The van der Waals surface area contributed by atoms with E-state index in [1.165, 1.54) is 5.56 Å². The van der Waals surface area contributed by atoms with Gasteiger partial charge in [-0.25, -0.2) is 0 Å². The van der Waals surface area contributed by atoms with Crippen molar-refractivity contribution in [3.8, 4) is 0 Å². The van der Waals surface area contributed by atoms with Gasteiger partial charge in [-0.2, -0.15) is 0 Å². The molecule has 1 unspecified atom stereocenters. The predicted molar refractivity (Wildman–Crippen MR) is 83.6 cm³/mol. The number of amides is 1. The van der Waals surface area contributed by atoms with E-state index >= 15 is 0 Å². The summed E-state index contributed by atoms with van der Waals surface area (Å²) in [4.78, 5) is 14.1. The van der Waals surface area contributed by atoms with E-state index in [1.54, 1.807) is 4.90 Å². The molecular weight excluding hydrogens is 316 g/mol. The van der Waals surface area contributed by atoms with Crippen molar-refractivity contribution in [1.29, 1.82) is 0 Å². The number of fused-ring (bicyclic) bond motifs is 1. The molecule has 2 N–H and O–H groups in total. The van der Waals surface area contributed by atoms with Crippen LogP contribution >= 0.6 is 15.9 Å². The highest BCUT2D eigenvalue weighted by Gasteiger charge is 2.34. The SMILES string of the molecule is NC1C(=O)N(CCc2ccccc2)c2ccc(Br)cc21. The lowest BCUT2D eigenvalue weighted by Gasteiger charge is -2.17. The van der Waals surface area contributed by atoms with E-state index in [0.29, 0.717) is 6.54 Å². The minimum atomic E-state index is -0.543. The quantitative estimate of drug-likeness (QED) is 0.940. The molecule has 0 radical (unpaired) electrons. The average molecular weight is 331 g/mol. The van der Waals surface area contributed by atoms with E-state index in [2.05, 4.69) is 28.1 Å². The number of nitrogens with two attached hydrogens (primary N) is 1. The summed E-state index contributed by atoms with van der Waals surface area (Å²) in [5.74, 6) is -0.0194. The smallest absolute Gasteiger partial charge is 0.248 e. The Hall–Kier alpha value is -1.65. The molecule has 1 aliphatic rings. The number of hydrogen-bond donors (Lipinski definition) is 1. The van der Waals surface area contributed by atoms with Crippen molar-refractivity contribution >= 4 is 27.5 Å². The first-order chi connectivity index (χ1) is 9.66. The maximum Gasteiger partial charge on any atom is 0.248 e. The third-order valence-electron chi connectivity index (χ3n) is 3.61. The van der Waals surface area contributed by atoms with Gasteiger partial charge in [-0.3, -0.25) is 4.79 Å². The summed E-state index contributed by atoms with van der Waals surface area (Å²) in [6.45, 7) is 0.658. The Labute approximate surface area is 126 Å². The van der Waals surface area contributed by atoms with Crippen LogP contribution in [0.3, 0.4) is 0 Å². The largest absolute Gasteiger partial charge is 0.316 e. The molecule has 0 saturated carbocycles. The number of halogens is 1. The molecule has 2 aromatic carbocycles. The number of carbonyl (C=O) groups is 1. The first-order valence-electron chi connectivity index (χ1n) is 6.57. The second kappa shape index (κ2) is 5.38. The number of nitrogens with zero attached hydrogens (tertiary/aromatic N) is 1. The number of anilines is 1. The molecule has 0 saturated heterocycles.